The van der Waals surface area contributed by atoms with E-state index >= 15 is 0 Å². The van der Waals surface area contributed by atoms with Gasteiger partial charge in [0.1, 0.15) is 11.2 Å². The van der Waals surface area contributed by atoms with Gasteiger partial charge in [0.05, 0.1) is 29.7 Å². The molecule has 0 saturated carbocycles. The van der Waals surface area contributed by atoms with Crippen molar-refractivity contribution in [2.75, 3.05) is 7.05 Å². The zero-order valence-electron chi connectivity index (χ0n) is 18.8. The first-order chi connectivity index (χ1) is 14.8. The lowest BCUT2D eigenvalue weighted by Crippen LogP contribution is -2.33. The molecule has 164 valence electrons. The SMILES string of the molecule is CN(Cc1nc2ccccn2c1CNC(=O)OC(C)(C)C)[C@H]1CCCc2cccnc21. The summed E-state index contributed by atoms with van der Waals surface area (Å²) >= 11 is 0. The molecule has 1 aliphatic rings. The molecule has 3 aromatic heterocycles. The van der Waals surface area contributed by atoms with Crippen LogP contribution in [-0.2, 0) is 24.2 Å². The highest BCUT2D eigenvalue weighted by Crippen LogP contribution is 2.33. The highest BCUT2D eigenvalue weighted by atomic mass is 16.6. The number of aromatic nitrogens is 3. The molecule has 0 spiro atoms. The van der Waals surface area contributed by atoms with E-state index in [9.17, 15) is 4.79 Å². The molecule has 7 nitrogen and oxygen atoms in total. The maximum Gasteiger partial charge on any atom is 0.407 e. The molecule has 1 aliphatic carbocycles. The van der Waals surface area contributed by atoms with E-state index < -0.39 is 11.7 Å². The Bertz CT molecular complexity index is 1070. The molecule has 0 fully saturated rings. The molecule has 1 N–H and O–H groups in total. The molecule has 1 amide bonds. The van der Waals surface area contributed by atoms with Crippen molar-refractivity contribution in [1.82, 2.24) is 24.6 Å². The maximum absolute atomic E-state index is 12.2. The van der Waals surface area contributed by atoms with Gasteiger partial charge in [0.15, 0.2) is 0 Å². The number of aryl methyl sites for hydroxylation is 1. The lowest BCUT2D eigenvalue weighted by molar-refractivity contribution is 0.0522. The summed E-state index contributed by atoms with van der Waals surface area (Å²) in [6.07, 6.45) is 6.77. The van der Waals surface area contributed by atoms with Gasteiger partial charge in [-0.2, -0.15) is 0 Å². The van der Waals surface area contributed by atoms with Crippen LogP contribution in [-0.4, -0.2) is 38.0 Å². The average molecular weight is 422 g/mol. The number of amides is 1. The summed E-state index contributed by atoms with van der Waals surface area (Å²) in [6, 6.07) is 10.4. The van der Waals surface area contributed by atoms with Crippen LogP contribution in [0.15, 0.2) is 42.7 Å². The van der Waals surface area contributed by atoms with Gasteiger partial charge in [0, 0.05) is 18.9 Å². The van der Waals surface area contributed by atoms with Crippen molar-refractivity contribution >= 4 is 11.7 Å². The fourth-order valence-corrected chi connectivity index (χ4v) is 4.24. The highest BCUT2D eigenvalue weighted by molar-refractivity contribution is 5.67. The molecule has 0 bridgehead atoms. The predicted octanol–water partition coefficient (Wildman–Crippen LogP) is 4.26. The van der Waals surface area contributed by atoms with Gasteiger partial charge in [-0.05, 0) is 70.8 Å². The first kappa shape index (κ1) is 21.3. The summed E-state index contributed by atoms with van der Waals surface area (Å²) in [7, 11) is 2.13. The number of nitrogens with zero attached hydrogens (tertiary/aromatic N) is 4. The Hall–Kier alpha value is -2.93. The van der Waals surface area contributed by atoms with E-state index in [-0.39, 0.29) is 6.04 Å². The number of nitrogens with one attached hydrogen (secondary N) is 1. The molecular formula is C24H31N5O2. The zero-order valence-corrected chi connectivity index (χ0v) is 18.8. The number of ether oxygens (including phenoxy) is 1. The summed E-state index contributed by atoms with van der Waals surface area (Å²) in [5.41, 5.74) is 4.77. The van der Waals surface area contributed by atoms with Crippen LogP contribution in [0, 0.1) is 0 Å². The van der Waals surface area contributed by atoms with Crippen LogP contribution in [0.3, 0.4) is 0 Å². The second-order valence-corrected chi connectivity index (χ2v) is 9.16. The topological polar surface area (TPSA) is 71.8 Å². The first-order valence-corrected chi connectivity index (χ1v) is 10.9. The average Bonchev–Trinajstić information content (AvgIpc) is 3.07. The molecule has 4 rings (SSSR count). The van der Waals surface area contributed by atoms with Gasteiger partial charge in [0.2, 0.25) is 0 Å². The van der Waals surface area contributed by atoms with Crippen molar-refractivity contribution < 1.29 is 9.53 Å². The molecule has 31 heavy (non-hydrogen) atoms. The number of carbonyl (C=O) groups is 1. The molecule has 7 heteroatoms. The number of alkyl carbamates (subject to hydrolysis) is 1. The van der Waals surface area contributed by atoms with Crippen molar-refractivity contribution in [1.29, 1.82) is 0 Å². The van der Waals surface area contributed by atoms with E-state index in [1.54, 1.807) is 0 Å². The molecule has 0 radical (unpaired) electrons. The van der Waals surface area contributed by atoms with Crippen molar-refractivity contribution in [2.45, 2.75) is 64.8 Å². The lowest BCUT2D eigenvalue weighted by atomic mass is 9.91. The van der Waals surface area contributed by atoms with Crippen molar-refractivity contribution in [3.8, 4) is 0 Å². The predicted molar refractivity (Wildman–Crippen MR) is 120 cm³/mol. The van der Waals surface area contributed by atoms with E-state index in [0.29, 0.717) is 13.1 Å². The normalized spacial score (nSPS) is 16.4. The van der Waals surface area contributed by atoms with Crippen LogP contribution >= 0.6 is 0 Å². The minimum absolute atomic E-state index is 0.265. The zero-order chi connectivity index (χ0) is 22.0. The van der Waals surface area contributed by atoms with Crippen LogP contribution in [0.5, 0.6) is 0 Å². The number of hydrogen-bond acceptors (Lipinski definition) is 5. The van der Waals surface area contributed by atoms with Gasteiger partial charge in [-0.25, -0.2) is 9.78 Å². The highest BCUT2D eigenvalue weighted by Gasteiger charge is 2.26. The third-order valence-electron chi connectivity index (χ3n) is 5.61. The van der Waals surface area contributed by atoms with E-state index in [0.717, 1.165) is 36.3 Å². The summed E-state index contributed by atoms with van der Waals surface area (Å²) in [5, 5.41) is 2.89. The van der Waals surface area contributed by atoms with E-state index in [2.05, 4.69) is 28.3 Å². The molecule has 0 saturated heterocycles. The van der Waals surface area contributed by atoms with E-state index in [1.165, 1.54) is 11.3 Å². The lowest BCUT2D eigenvalue weighted by Gasteiger charge is -2.32. The smallest absolute Gasteiger partial charge is 0.407 e. The first-order valence-electron chi connectivity index (χ1n) is 10.9. The minimum Gasteiger partial charge on any atom is -0.444 e. The van der Waals surface area contributed by atoms with E-state index in [4.69, 9.17) is 9.72 Å². The van der Waals surface area contributed by atoms with Gasteiger partial charge in [-0.1, -0.05) is 12.1 Å². The number of rotatable bonds is 5. The van der Waals surface area contributed by atoms with Gasteiger partial charge in [-0.3, -0.25) is 9.88 Å². The summed E-state index contributed by atoms with van der Waals surface area (Å²) in [6.45, 7) is 6.60. The number of pyridine rings is 2. The van der Waals surface area contributed by atoms with E-state index in [1.807, 2.05) is 61.8 Å². The Morgan fingerprint density at radius 2 is 2.13 bits per heavy atom. The van der Waals surface area contributed by atoms with Crippen LogP contribution in [0.25, 0.3) is 5.65 Å². The van der Waals surface area contributed by atoms with Crippen LogP contribution in [0.4, 0.5) is 4.79 Å². The Labute approximate surface area is 183 Å². The fraction of sp³-hybridized carbons (Fsp3) is 0.458. The summed E-state index contributed by atoms with van der Waals surface area (Å²) < 4.78 is 7.44. The number of hydrogen-bond donors (Lipinski definition) is 1. The quantitative estimate of drug-likeness (QED) is 0.666. The van der Waals surface area contributed by atoms with Gasteiger partial charge in [-0.15, -0.1) is 0 Å². The van der Waals surface area contributed by atoms with Gasteiger partial charge >= 0.3 is 6.09 Å². The Kier molecular flexibility index (Phi) is 5.96. The second kappa shape index (κ2) is 8.67. The third-order valence-corrected chi connectivity index (χ3v) is 5.61. The fourth-order valence-electron chi connectivity index (χ4n) is 4.24. The largest absolute Gasteiger partial charge is 0.444 e. The number of imidazole rings is 1. The molecule has 0 aliphatic heterocycles. The summed E-state index contributed by atoms with van der Waals surface area (Å²) in [5.74, 6) is 0. The van der Waals surface area contributed by atoms with Crippen molar-refractivity contribution in [3.63, 3.8) is 0 Å². The number of fused-ring (bicyclic) bond motifs is 2. The molecule has 0 unspecified atom stereocenters. The Morgan fingerprint density at radius 3 is 2.94 bits per heavy atom. The second-order valence-electron chi connectivity index (χ2n) is 9.16. The third kappa shape index (κ3) is 4.88. The molecule has 3 heterocycles. The van der Waals surface area contributed by atoms with Crippen molar-refractivity contribution in [3.05, 3.63) is 65.4 Å². The minimum atomic E-state index is -0.534. The molecule has 3 aromatic rings. The molecule has 0 aromatic carbocycles. The monoisotopic (exact) mass is 421 g/mol. The van der Waals surface area contributed by atoms with Gasteiger partial charge in [0.25, 0.3) is 0 Å². The van der Waals surface area contributed by atoms with Crippen LogP contribution in [0.2, 0.25) is 0 Å². The molecular weight excluding hydrogens is 390 g/mol. The standard InChI is InChI=1S/C24H31N5O2/c1-24(2,3)31-23(30)26-15-20-18(27-21-12-5-6-14-29(20)21)16-28(4)19-11-7-9-17-10-8-13-25-22(17)19/h5-6,8,10,12-14,19H,7,9,11,15-16H2,1-4H3,(H,26,30)/t19-/m0/s1. The Balaban J connectivity index is 1.56. The van der Waals surface area contributed by atoms with Gasteiger partial charge < -0.3 is 14.5 Å². The molecule has 1 atom stereocenters. The number of carbonyl (C=O) groups excluding carboxylic acids is 1. The summed E-state index contributed by atoms with van der Waals surface area (Å²) in [4.78, 5) is 24.1. The van der Waals surface area contributed by atoms with Crippen LogP contribution < -0.4 is 5.32 Å². The Morgan fingerprint density at radius 1 is 1.29 bits per heavy atom. The maximum atomic E-state index is 12.2. The van der Waals surface area contributed by atoms with Crippen molar-refractivity contribution in [2.24, 2.45) is 0 Å². The van der Waals surface area contributed by atoms with Crippen LogP contribution in [0.1, 0.15) is 62.3 Å².